The van der Waals surface area contributed by atoms with E-state index >= 15 is 0 Å². The molecule has 0 unspecified atom stereocenters. The van der Waals surface area contributed by atoms with Gasteiger partial charge in [0.2, 0.25) is 0 Å². The van der Waals surface area contributed by atoms with E-state index in [1.807, 2.05) is 24.3 Å². The zero-order chi connectivity index (χ0) is 19.4. The maximum atomic E-state index is 13.1. The zero-order valence-corrected chi connectivity index (χ0v) is 17.4. The summed E-state index contributed by atoms with van der Waals surface area (Å²) >= 11 is 2.15. The minimum atomic E-state index is -3.90. The van der Waals surface area contributed by atoms with E-state index in [0.717, 1.165) is 3.57 Å². The highest BCUT2D eigenvalue weighted by molar-refractivity contribution is 14.1. The Labute approximate surface area is 172 Å². The van der Waals surface area contributed by atoms with E-state index < -0.39 is 15.9 Å². The van der Waals surface area contributed by atoms with Crippen LogP contribution in [-0.2, 0) is 10.0 Å². The van der Waals surface area contributed by atoms with Crippen LogP contribution in [0.1, 0.15) is 10.4 Å². The van der Waals surface area contributed by atoms with E-state index in [9.17, 15) is 13.2 Å². The number of hydrogen-bond donors (Lipinski definition) is 1. The third-order valence-electron chi connectivity index (χ3n) is 3.97. The van der Waals surface area contributed by atoms with Crippen LogP contribution in [0.15, 0.2) is 83.8 Å². The number of rotatable bonds is 5. The molecule has 3 aromatic rings. The van der Waals surface area contributed by atoms with Gasteiger partial charge in [-0.05, 0) is 65.1 Å². The third-order valence-corrected chi connectivity index (χ3v) is 6.49. The number of benzene rings is 3. The molecule has 0 saturated heterocycles. The number of carbonyl (C=O) groups excluding carboxylic acids is 1. The summed E-state index contributed by atoms with van der Waals surface area (Å²) in [5, 5.41) is 2.76. The average molecular weight is 492 g/mol. The first kappa shape index (κ1) is 19.4. The number of nitrogens with zero attached hydrogens (tertiary/aromatic N) is 1. The van der Waals surface area contributed by atoms with Gasteiger partial charge in [0.25, 0.3) is 15.9 Å². The molecule has 0 heterocycles. The molecule has 0 atom stereocenters. The van der Waals surface area contributed by atoms with Crippen molar-refractivity contribution in [3.8, 4) is 0 Å². The molecular weight excluding hydrogens is 475 g/mol. The summed E-state index contributed by atoms with van der Waals surface area (Å²) in [6.45, 7) is 0. The summed E-state index contributed by atoms with van der Waals surface area (Å²) < 4.78 is 28.4. The Balaban J connectivity index is 1.97. The summed E-state index contributed by atoms with van der Waals surface area (Å²) in [4.78, 5) is 12.7. The highest BCUT2D eigenvalue weighted by Gasteiger charge is 2.26. The van der Waals surface area contributed by atoms with Crippen LogP contribution in [0.25, 0.3) is 0 Å². The fourth-order valence-electron chi connectivity index (χ4n) is 2.57. The van der Waals surface area contributed by atoms with Gasteiger partial charge in [0.1, 0.15) is 4.90 Å². The maximum Gasteiger partial charge on any atom is 0.264 e. The standard InChI is InChI=1S/C20H17IN2O3S/c1-23(17-10-3-2-4-11-17)27(25,26)19-13-6-5-12-18(19)20(24)22-16-9-7-8-15(21)14-16/h2-14H,1H3,(H,22,24). The maximum absolute atomic E-state index is 13.1. The van der Waals surface area contributed by atoms with Crippen LogP contribution in [0.2, 0.25) is 0 Å². The summed E-state index contributed by atoms with van der Waals surface area (Å²) in [5.41, 5.74) is 1.22. The van der Waals surface area contributed by atoms with Crippen molar-refractivity contribution >= 4 is 49.9 Å². The van der Waals surface area contributed by atoms with Crippen LogP contribution in [0.3, 0.4) is 0 Å². The monoisotopic (exact) mass is 492 g/mol. The Morgan fingerprint density at radius 2 is 1.59 bits per heavy atom. The topological polar surface area (TPSA) is 66.5 Å². The molecule has 0 aromatic heterocycles. The number of anilines is 2. The first-order valence-electron chi connectivity index (χ1n) is 8.09. The largest absolute Gasteiger partial charge is 0.322 e. The first-order valence-corrected chi connectivity index (χ1v) is 10.6. The quantitative estimate of drug-likeness (QED) is 0.539. The second-order valence-corrected chi connectivity index (χ2v) is 8.95. The molecule has 0 radical (unpaired) electrons. The number of amides is 1. The molecule has 3 aromatic carbocycles. The smallest absolute Gasteiger partial charge is 0.264 e. The molecule has 0 spiro atoms. The second kappa shape index (κ2) is 8.10. The fraction of sp³-hybridized carbons (Fsp3) is 0.0500. The van der Waals surface area contributed by atoms with Crippen LogP contribution in [0, 0.1) is 3.57 Å². The van der Waals surface area contributed by atoms with Gasteiger partial charge in [-0.3, -0.25) is 9.10 Å². The Kier molecular flexibility index (Phi) is 5.81. The minimum absolute atomic E-state index is 0.0421. The van der Waals surface area contributed by atoms with Crippen molar-refractivity contribution in [2.45, 2.75) is 4.90 Å². The highest BCUT2D eigenvalue weighted by atomic mass is 127. The van der Waals surface area contributed by atoms with Crippen LogP contribution in [0.5, 0.6) is 0 Å². The number of nitrogens with one attached hydrogen (secondary N) is 1. The van der Waals surface area contributed by atoms with Crippen molar-refractivity contribution in [2.75, 3.05) is 16.7 Å². The molecule has 27 heavy (non-hydrogen) atoms. The molecule has 0 fully saturated rings. The highest BCUT2D eigenvalue weighted by Crippen LogP contribution is 2.25. The summed E-state index contributed by atoms with van der Waals surface area (Å²) in [6, 6.07) is 22.2. The Morgan fingerprint density at radius 3 is 2.30 bits per heavy atom. The normalized spacial score (nSPS) is 11.0. The van der Waals surface area contributed by atoms with Gasteiger partial charge in [0.05, 0.1) is 11.3 Å². The number of halogens is 1. The molecule has 0 aliphatic rings. The predicted molar refractivity (Wildman–Crippen MR) is 116 cm³/mol. The summed E-state index contributed by atoms with van der Waals surface area (Å²) in [6.07, 6.45) is 0. The first-order chi connectivity index (χ1) is 12.9. The van der Waals surface area contributed by atoms with Crippen molar-refractivity contribution in [1.29, 1.82) is 0 Å². The Morgan fingerprint density at radius 1 is 0.926 bits per heavy atom. The lowest BCUT2D eigenvalue weighted by Crippen LogP contribution is -2.28. The second-order valence-electron chi connectivity index (χ2n) is 5.77. The van der Waals surface area contributed by atoms with E-state index in [2.05, 4.69) is 27.9 Å². The molecule has 1 amide bonds. The van der Waals surface area contributed by atoms with Gasteiger partial charge in [-0.1, -0.05) is 36.4 Å². The number of para-hydroxylation sites is 1. The van der Waals surface area contributed by atoms with Crippen LogP contribution < -0.4 is 9.62 Å². The lowest BCUT2D eigenvalue weighted by atomic mass is 10.2. The average Bonchev–Trinajstić information content (AvgIpc) is 2.68. The van der Waals surface area contributed by atoms with E-state index in [1.165, 1.54) is 23.5 Å². The van der Waals surface area contributed by atoms with Gasteiger partial charge < -0.3 is 5.32 Å². The molecule has 5 nitrogen and oxygen atoms in total. The number of hydrogen-bond acceptors (Lipinski definition) is 3. The van der Waals surface area contributed by atoms with Gasteiger partial charge in [0.15, 0.2) is 0 Å². The molecule has 1 N–H and O–H groups in total. The minimum Gasteiger partial charge on any atom is -0.322 e. The molecule has 7 heteroatoms. The zero-order valence-electron chi connectivity index (χ0n) is 14.5. The lowest BCUT2D eigenvalue weighted by Gasteiger charge is -2.21. The van der Waals surface area contributed by atoms with Crippen molar-refractivity contribution in [3.63, 3.8) is 0 Å². The van der Waals surface area contributed by atoms with Crippen LogP contribution >= 0.6 is 22.6 Å². The van der Waals surface area contributed by atoms with Crippen molar-refractivity contribution in [3.05, 3.63) is 88.0 Å². The van der Waals surface area contributed by atoms with Crippen LogP contribution in [0.4, 0.5) is 11.4 Å². The molecule has 138 valence electrons. The Hall–Kier alpha value is -2.39. The SMILES string of the molecule is CN(c1ccccc1)S(=O)(=O)c1ccccc1C(=O)Nc1cccc(I)c1. The van der Waals surface area contributed by atoms with Gasteiger partial charge in [-0.25, -0.2) is 8.42 Å². The van der Waals surface area contributed by atoms with Gasteiger partial charge in [0, 0.05) is 16.3 Å². The molecule has 0 saturated carbocycles. The van der Waals surface area contributed by atoms with E-state index in [1.54, 1.807) is 42.5 Å². The van der Waals surface area contributed by atoms with E-state index in [0.29, 0.717) is 11.4 Å². The third kappa shape index (κ3) is 4.30. The van der Waals surface area contributed by atoms with Gasteiger partial charge in [-0.2, -0.15) is 0 Å². The summed E-state index contributed by atoms with van der Waals surface area (Å²) in [5.74, 6) is -0.474. The van der Waals surface area contributed by atoms with Gasteiger partial charge >= 0.3 is 0 Å². The molecule has 3 rings (SSSR count). The van der Waals surface area contributed by atoms with E-state index in [-0.39, 0.29) is 10.5 Å². The molecular formula is C20H17IN2O3S. The lowest BCUT2D eigenvalue weighted by molar-refractivity contribution is 0.102. The van der Waals surface area contributed by atoms with Crippen LogP contribution in [-0.4, -0.2) is 21.4 Å². The molecule has 0 bridgehead atoms. The fourth-order valence-corrected chi connectivity index (χ4v) is 4.49. The number of sulfonamides is 1. The number of carbonyl (C=O) groups is 1. The van der Waals surface area contributed by atoms with Crippen molar-refractivity contribution in [1.82, 2.24) is 0 Å². The van der Waals surface area contributed by atoms with Crippen molar-refractivity contribution in [2.24, 2.45) is 0 Å². The summed E-state index contributed by atoms with van der Waals surface area (Å²) in [7, 11) is -2.43. The molecule has 0 aliphatic heterocycles. The molecule has 0 aliphatic carbocycles. The Bertz CT molecular complexity index is 1070. The van der Waals surface area contributed by atoms with E-state index in [4.69, 9.17) is 0 Å². The predicted octanol–water partition coefficient (Wildman–Crippen LogP) is 4.37. The van der Waals surface area contributed by atoms with Crippen molar-refractivity contribution < 1.29 is 13.2 Å². The van der Waals surface area contributed by atoms with Gasteiger partial charge in [-0.15, -0.1) is 0 Å².